The van der Waals surface area contributed by atoms with Crippen LogP contribution in [0.25, 0.3) is 0 Å². The molecule has 1 saturated heterocycles. The third-order valence-corrected chi connectivity index (χ3v) is 2.10. The van der Waals surface area contributed by atoms with Crippen molar-refractivity contribution in [2.45, 2.75) is 20.1 Å². The molecular formula is C9H20N2O. The zero-order chi connectivity index (χ0) is 8.97. The third-order valence-electron chi connectivity index (χ3n) is 2.10. The Bertz CT molecular complexity index is 128. The number of nitrogens with zero attached hydrogens (tertiary/aromatic N) is 1. The SMILES string of the molecule is CNC1CN(CC(C)C)CCO1. The molecule has 3 heteroatoms. The zero-order valence-corrected chi connectivity index (χ0v) is 8.34. The summed E-state index contributed by atoms with van der Waals surface area (Å²) in [6.07, 6.45) is 0.234. The maximum Gasteiger partial charge on any atom is 0.120 e. The van der Waals surface area contributed by atoms with E-state index in [2.05, 4.69) is 24.1 Å². The van der Waals surface area contributed by atoms with Crippen LogP contribution in [0, 0.1) is 5.92 Å². The summed E-state index contributed by atoms with van der Waals surface area (Å²) in [6.45, 7) is 8.65. The molecule has 0 radical (unpaired) electrons. The summed E-state index contributed by atoms with van der Waals surface area (Å²) >= 11 is 0. The zero-order valence-electron chi connectivity index (χ0n) is 8.34. The molecule has 1 N–H and O–H groups in total. The first-order chi connectivity index (χ1) is 5.72. The van der Waals surface area contributed by atoms with Gasteiger partial charge in [-0.1, -0.05) is 13.8 Å². The predicted molar refractivity (Wildman–Crippen MR) is 50.1 cm³/mol. The van der Waals surface area contributed by atoms with E-state index in [4.69, 9.17) is 4.74 Å². The van der Waals surface area contributed by atoms with Crippen LogP contribution in [0.15, 0.2) is 0 Å². The molecule has 0 saturated carbocycles. The Balaban J connectivity index is 2.25. The van der Waals surface area contributed by atoms with Gasteiger partial charge in [0.05, 0.1) is 6.61 Å². The van der Waals surface area contributed by atoms with Crippen molar-refractivity contribution in [3.05, 3.63) is 0 Å². The fourth-order valence-corrected chi connectivity index (χ4v) is 1.56. The van der Waals surface area contributed by atoms with Gasteiger partial charge in [-0.05, 0) is 13.0 Å². The van der Waals surface area contributed by atoms with Crippen LogP contribution in [-0.2, 0) is 4.74 Å². The Hall–Kier alpha value is -0.120. The summed E-state index contributed by atoms with van der Waals surface area (Å²) in [6, 6.07) is 0. The lowest BCUT2D eigenvalue weighted by molar-refractivity contribution is -0.0444. The van der Waals surface area contributed by atoms with Crippen LogP contribution >= 0.6 is 0 Å². The second kappa shape index (κ2) is 4.80. The summed E-state index contributed by atoms with van der Waals surface area (Å²) < 4.78 is 5.49. The molecule has 1 unspecified atom stereocenters. The molecule has 0 bridgehead atoms. The van der Waals surface area contributed by atoms with Crippen molar-refractivity contribution in [2.75, 3.05) is 33.3 Å². The van der Waals surface area contributed by atoms with Gasteiger partial charge in [0.1, 0.15) is 6.23 Å². The first kappa shape index (κ1) is 9.96. The van der Waals surface area contributed by atoms with Crippen LogP contribution in [0.4, 0.5) is 0 Å². The highest BCUT2D eigenvalue weighted by Gasteiger charge is 2.18. The van der Waals surface area contributed by atoms with Gasteiger partial charge in [-0.3, -0.25) is 10.2 Å². The molecule has 0 amide bonds. The Morgan fingerprint density at radius 3 is 2.92 bits per heavy atom. The van der Waals surface area contributed by atoms with E-state index in [1.165, 1.54) is 6.54 Å². The molecule has 1 fully saturated rings. The number of rotatable bonds is 3. The van der Waals surface area contributed by atoms with Crippen molar-refractivity contribution in [1.82, 2.24) is 10.2 Å². The Kier molecular flexibility index (Phi) is 3.98. The van der Waals surface area contributed by atoms with Crippen molar-refractivity contribution in [2.24, 2.45) is 5.92 Å². The molecule has 0 aliphatic carbocycles. The topological polar surface area (TPSA) is 24.5 Å². The van der Waals surface area contributed by atoms with Crippen LogP contribution < -0.4 is 5.32 Å². The molecule has 0 aromatic carbocycles. The summed E-state index contributed by atoms with van der Waals surface area (Å²) in [5, 5.41) is 3.14. The molecule has 3 nitrogen and oxygen atoms in total. The molecule has 72 valence electrons. The molecule has 1 aliphatic heterocycles. The summed E-state index contributed by atoms with van der Waals surface area (Å²) in [5.74, 6) is 0.751. The van der Waals surface area contributed by atoms with Gasteiger partial charge in [0.25, 0.3) is 0 Å². The second-order valence-corrected chi connectivity index (χ2v) is 3.80. The fraction of sp³-hybridized carbons (Fsp3) is 1.00. The average Bonchev–Trinajstić information content (AvgIpc) is 2.03. The van der Waals surface area contributed by atoms with Crippen molar-refractivity contribution in [3.63, 3.8) is 0 Å². The highest BCUT2D eigenvalue weighted by molar-refractivity contribution is 4.69. The van der Waals surface area contributed by atoms with E-state index in [-0.39, 0.29) is 6.23 Å². The third kappa shape index (κ3) is 3.09. The van der Waals surface area contributed by atoms with Gasteiger partial charge in [0.15, 0.2) is 0 Å². The van der Waals surface area contributed by atoms with E-state index in [1.807, 2.05) is 7.05 Å². The Labute approximate surface area is 75.1 Å². The first-order valence-corrected chi connectivity index (χ1v) is 4.73. The minimum absolute atomic E-state index is 0.234. The number of morpholine rings is 1. The van der Waals surface area contributed by atoms with Crippen molar-refractivity contribution < 1.29 is 4.74 Å². The lowest BCUT2D eigenvalue weighted by Crippen LogP contribution is -2.48. The standard InChI is InChI=1S/C9H20N2O/c1-8(2)6-11-4-5-12-9(7-11)10-3/h8-10H,4-7H2,1-3H3. The molecule has 0 spiro atoms. The van der Waals surface area contributed by atoms with E-state index in [0.29, 0.717) is 0 Å². The molecular weight excluding hydrogens is 152 g/mol. The van der Waals surface area contributed by atoms with Crippen molar-refractivity contribution >= 4 is 0 Å². The van der Waals surface area contributed by atoms with E-state index in [1.54, 1.807) is 0 Å². The summed E-state index contributed by atoms with van der Waals surface area (Å²) in [4.78, 5) is 2.45. The maximum atomic E-state index is 5.49. The lowest BCUT2D eigenvalue weighted by atomic mass is 10.2. The van der Waals surface area contributed by atoms with Gasteiger partial charge < -0.3 is 4.74 Å². The number of nitrogens with one attached hydrogen (secondary N) is 1. The van der Waals surface area contributed by atoms with E-state index in [9.17, 15) is 0 Å². The highest BCUT2D eigenvalue weighted by atomic mass is 16.5. The van der Waals surface area contributed by atoms with Gasteiger partial charge in [-0.15, -0.1) is 0 Å². The first-order valence-electron chi connectivity index (χ1n) is 4.73. The summed E-state index contributed by atoms with van der Waals surface area (Å²) in [7, 11) is 1.95. The minimum Gasteiger partial charge on any atom is -0.361 e. The van der Waals surface area contributed by atoms with Crippen molar-refractivity contribution in [1.29, 1.82) is 0 Å². The van der Waals surface area contributed by atoms with Crippen LogP contribution in [-0.4, -0.2) is 44.4 Å². The normalized spacial score (nSPS) is 26.5. The highest BCUT2D eigenvalue weighted by Crippen LogP contribution is 2.05. The van der Waals surface area contributed by atoms with E-state index in [0.717, 1.165) is 25.6 Å². The molecule has 0 aromatic rings. The number of likely N-dealkylation sites (N-methyl/N-ethyl adjacent to an activating group) is 1. The maximum absolute atomic E-state index is 5.49. The molecule has 0 aromatic heterocycles. The Morgan fingerprint density at radius 1 is 1.58 bits per heavy atom. The minimum atomic E-state index is 0.234. The largest absolute Gasteiger partial charge is 0.361 e. The second-order valence-electron chi connectivity index (χ2n) is 3.80. The quantitative estimate of drug-likeness (QED) is 0.671. The Morgan fingerprint density at radius 2 is 2.33 bits per heavy atom. The lowest BCUT2D eigenvalue weighted by Gasteiger charge is -2.33. The van der Waals surface area contributed by atoms with Crippen LogP contribution in [0.2, 0.25) is 0 Å². The van der Waals surface area contributed by atoms with Gasteiger partial charge in [-0.2, -0.15) is 0 Å². The van der Waals surface area contributed by atoms with E-state index >= 15 is 0 Å². The number of hydrogen-bond donors (Lipinski definition) is 1. The van der Waals surface area contributed by atoms with Crippen LogP contribution in [0.1, 0.15) is 13.8 Å². The van der Waals surface area contributed by atoms with Crippen LogP contribution in [0.5, 0.6) is 0 Å². The smallest absolute Gasteiger partial charge is 0.120 e. The van der Waals surface area contributed by atoms with Gasteiger partial charge in [0, 0.05) is 19.6 Å². The number of ether oxygens (including phenoxy) is 1. The van der Waals surface area contributed by atoms with Gasteiger partial charge in [0.2, 0.25) is 0 Å². The molecule has 12 heavy (non-hydrogen) atoms. The molecule has 1 heterocycles. The van der Waals surface area contributed by atoms with Gasteiger partial charge in [-0.25, -0.2) is 0 Å². The van der Waals surface area contributed by atoms with E-state index < -0.39 is 0 Å². The molecule has 1 rings (SSSR count). The molecule has 1 aliphatic rings. The number of hydrogen-bond acceptors (Lipinski definition) is 3. The van der Waals surface area contributed by atoms with Crippen LogP contribution in [0.3, 0.4) is 0 Å². The predicted octanol–water partition coefficient (Wildman–Crippen LogP) is 0.520. The summed E-state index contributed by atoms with van der Waals surface area (Å²) in [5.41, 5.74) is 0. The van der Waals surface area contributed by atoms with Gasteiger partial charge >= 0.3 is 0 Å². The molecule has 1 atom stereocenters. The monoisotopic (exact) mass is 172 g/mol. The van der Waals surface area contributed by atoms with Crippen molar-refractivity contribution in [3.8, 4) is 0 Å². The fourth-order valence-electron chi connectivity index (χ4n) is 1.56. The average molecular weight is 172 g/mol.